The maximum absolute atomic E-state index is 12.4. The summed E-state index contributed by atoms with van der Waals surface area (Å²) in [6.45, 7) is 9.31. The number of amides is 3. The summed E-state index contributed by atoms with van der Waals surface area (Å²) < 4.78 is 0. The molecule has 0 heterocycles. The van der Waals surface area contributed by atoms with Crippen LogP contribution in [0.15, 0.2) is 18.2 Å². The van der Waals surface area contributed by atoms with Gasteiger partial charge in [0.05, 0.1) is 0 Å². The molecule has 0 fully saturated rings. The summed E-state index contributed by atoms with van der Waals surface area (Å²) in [4.78, 5) is 55.8. The van der Waals surface area contributed by atoms with Gasteiger partial charge in [-0.2, -0.15) is 0 Å². The molecule has 1 aromatic carbocycles. The molecule has 1 aromatic rings. The molecule has 0 aromatic heterocycles. The number of anilines is 1. The van der Waals surface area contributed by atoms with Crippen molar-refractivity contribution in [1.29, 1.82) is 0 Å². The number of hydrogen-bond donors (Lipinski definition) is 6. The first kappa shape index (κ1) is 33.7. The number of carbonyl (C=O) groups excluding carboxylic acids is 3. The smallest absolute Gasteiger partial charge is 0.320 e. The molecule has 11 heteroatoms. The zero-order valence-corrected chi connectivity index (χ0v) is 21.3. The molecule has 0 aliphatic heterocycles. The van der Waals surface area contributed by atoms with Gasteiger partial charge < -0.3 is 31.9 Å². The lowest BCUT2D eigenvalue weighted by Crippen LogP contribution is -2.30. The van der Waals surface area contributed by atoms with E-state index >= 15 is 0 Å². The summed E-state index contributed by atoms with van der Waals surface area (Å²) in [6.07, 6.45) is 3.24. The van der Waals surface area contributed by atoms with Crippen molar-refractivity contribution < 1.29 is 34.2 Å². The van der Waals surface area contributed by atoms with Crippen molar-refractivity contribution in [2.45, 2.75) is 72.8 Å². The normalized spacial score (nSPS) is 10.3. The van der Waals surface area contributed by atoms with Gasteiger partial charge in [0.1, 0.15) is 6.04 Å². The minimum Gasteiger partial charge on any atom is -0.481 e. The van der Waals surface area contributed by atoms with E-state index in [0.29, 0.717) is 38.0 Å². The third kappa shape index (κ3) is 17.6. The van der Waals surface area contributed by atoms with E-state index in [0.717, 1.165) is 19.8 Å². The van der Waals surface area contributed by atoms with E-state index in [2.05, 4.69) is 16.0 Å². The van der Waals surface area contributed by atoms with Gasteiger partial charge in [-0.15, -0.1) is 0 Å². The van der Waals surface area contributed by atoms with E-state index < -0.39 is 18.0 Å². The molecule has 0 saturated carbocycles. The SMILES string of the molecule is CC.CC(=O)O.CCCCNC(=O)c1cc(NC(C)=O)cc(C(=O)NCCCC[C@H](N)C(=O)O)c1. The maximum atomic E-state index is 12.4. The molecule has 0 aliphatic rings. The number of carboxylic acids is 2. The first-order chi connectivity index (χ1) is 16.5. The number of carboxylic acid groups (broad SMARTS) is 2. The molecule has 0 unspecified atom stereocenters. The van der Waals surface area contributed by atoms with Crippen molar-refractivity contribution in [3.8, 4) is 0 Å². The predicted molar refractivity (Wildman–Crippen MR) is 134 cm³/mol. The predicted octanol–water partition coefficient (Wildman–Crippen LogP) is 2.60. The van der Waals surface area contributed by atoms with Gasteiger partial charge in [-0.1, -0.05) is 27.2 Å². The molecule has 1 atom stereocenters. The van der Waals surface area contributed by atoms with Crippen LogP contribution < -0.4 is 21.7 Å². The Bertz CT molecular complexity index is 824. The summed E-state index contributed by atoms with van der Waals surface area (Å²) in [7, 11) is 0. The molecule has 3 amide bonds. The van der Waals surface area contributed by atoms with Crippen LogP contribution in [0.4, 0.5) is 5.69 Å². The van der Waals surface area contributed by atoms with E-state index in [-0.39, 0.29) is 28.8 Å². The van der Waals surface area contributed by atoms with E-state index in [4.69, 9.17) is 20.7 Å². The summed E-state index contributed by atoms with van der Waals surface area (Å²) >= 11 is 0. The van der Waals surface area contributed by atoms with Crippen molar-refractivity contribution in [3.63, 3.8) is 0 Å². The minimum atomic E-state index is -1.05. The quantitative estimate of drug-likeness (QED) is 0.238. The number of nitrogens with one attached hydrogen (secondary N) is 3. The average molecular weight is 497 g/mol. The fraction of sp³-hybridized carbons (Fsp3) is 0.542. The Kier molecular flexibility index (Phi) is 19.2. The number of nitrogens with two attached hydrogens (primary N) is 1. The van der Waals surface area contributed by atoms with Crippen LogP contribution in [-0.2, 0) is 14.4 Å². The van der Waals surface area contributed by atoms with Gasteiger partial charge in [-0.05, 0) is 43.9 Å². The lowest BCUT2D eigenvalue weighted by molar-refractivity contribution is -0.138. The third-order valence-electron chi connectivity index (χ3n) is 4.14. The Hall–Kier alpha value is -3.47. The molecule has 0 radical (unpaired) electrons. The van der Waals surface area contributed by atoms with E-state index in [9.17, 15) is 19.2 Å². The monoisotopic (exact) mass is 496 g/mol. The highest BCUT2D eigenvalue weighted by atomic mass is 16.4. The lowest BCUT2D eigenvalue weighted by atomic mass is 10.1. The van der Waals surface area contributed by atoms with E-state index in [1.165, 1.54) is 25.1 Å². The van der Waals surface area contributed by atoms with E-state index in [1.54, 1.807) is 0 Å². The zero-order valence-electron chi connectivity index (χ0n) is 21.3. The molecule has 198 valence electrons. The van der Waals surface area contributed by atoms with Crippen LogP contribution in [0.1, 0.15) is 87.4 Å². The maximum Gasteiger partial charge on any atom is 0.320 e. The molecule has 35 heavy (non-hydrogen) atoms. The van der Waals surface area contributed by atoms with Crippen LogP contribution in [0.25, 0.3) is 0 Å². The largest absolute Gasteiger partial charge is 0.481 e. The zero-order chi connectivity index (χ0) is 27.4. The Labute approximate surface area is 206 Å². The molecular weight excluding hydrogens is 456 g/mol. The number of aliphatic carboxylic acids is 2. The van der Waals surface area contributed by atoms with Crippen LogP contribution in [0.3, 0.4) is 0 Å². The number of benzene rings is 1. The van der Waals surface area contributed by atoms with Gasteiger partial charge in [-0.25, -0.2) is 0 Å². The molecular formula is C24H40N4O7. The molecule has 0 spiro atoms. The summed E-state index contributed by atoms with van der Waals surface area (Å²) in [6, 6.07) is 3.59. The molecule has 7 N–H and O–H groups in total. The Morgan fingerprint density at radius 2 is 1.31 bits per heavy atom. The highest BCUT2D eigenvalue weighted by molar-refractivity contribution is 6.02. The average Bonchev–Trinajstić information content (AvgIpc) is 2.78. The molecule has 0 aliphatic carbocycles. The second-order valence-electron chi connectivity index (χ2n) is 7.31. The fourth-order valence-electron chi connectivity index (χ4n) is 2.56. The molecule has 0 saturated heterocycles. The number of rotatable bonds is 12. The standard InChI is InChI=1S/C20H30N4O5.C2H4O2.C2H6/c1-3-4-8-22-18(26)14-10-15(12-16(11-14)24-13(2)25)19(27)23-9-6-5-7-17(21)20(28)29;1-2(3)4;1-2/h10-12,17H,3-9,21H2,1-2H3,(H,22,26)(H,23,27)(H,24,25)(H,28,29);1H3,(H,3,4);1-2H3/t17-;;/m0../s1. The highest BCUT2D eigenvalue weighted by Gasteiger charge is 2.14. The molecule has 0 bridgehead atoms. The third-order valence-corrected chi connectivity index (χ3v) is 4.14. The van der Waals surface area contributed by atoms with Gasteiger partial charge in [-0.3, -0.25) is 24.0 Å². The Morgan fingerprint density at radius 3 is 1.71 bits per heavy atom. The highest BCUT2D eigenvalue weighted by Crippen LogP contribution is 2.16. The van der Waals surface area contributed by atoms with Gasteiger partial charge >= 0.3 is 5.97 Å². The Morgan fingerprint density at radius 1 is 0.857 bits per heavy atom. The van der Waals surface area contributed by atoms with E-state index in [1.807, 2.05) is 20.8 Å². The number of unbranched alkanes of at least 4 members (excludes halogenated alkanes) is 2. The summed E-state index contributed by atoms with van der Waals surface area (Å²) in [5.74, 6) is -2.90. The van der Waals surface area contributed by atoms with Crippen LogP contribution >= 0.6 is 0 Å². The van der Waals surface area contributed by atoms with Crippen molar-refractivity contribution in [2.75, 3.05) is 18.4 Å². The van der Waals surface area contributed by atoms with Gasteiger partial charge in [0.15, 0.2) is 0 Å². The summed E-state index contributed by atoms with van der Waals surface area (Å²) in [5.41, 5.74) is 6.33. The first-order valence-corrected chi connectivity index (χ1v) is 11.6. The van der Waals surface area contributed by atoms with Crippen molar-refractivity contribution in [3.05, 3.63) is 29.3 Å². The van der Waals surface area contributed by atoms with Gasteiger partial charge in [0.2, 0.25) is 5.91 Å². The number of hydrogen-bond acceptors (Lipinski definition) is 6. The van der Waals surface area contributed by atoms with Crippen LogP contribution in [0.5, 0.6) is 0 Å². The van der Waals surface area contributed by atoms with Gasteiger partial charge in [0.25, 0.3) is 17.8 Å². The summed E-state index contributed by atoms with van der Waals surface area (Å²) in [5, 5.41) is 24.3. The first-order valence-electron chi connectivity index (χ1n) is 11.6. The number of carbonyl (C=O) groups is 5. The van der Waals surface area contributed by atoms with Crippen LogP contribution in [0.2, 0.25) is 0 Å². The Balaban J connectivity index is 0. The van der Waals surface area contributed by atoms with Crippen molar-refractivity contribution in [1.82, 2.24) is 10.6 Å². The molecule has 1 rings (SSSR count). The second-order valence-corrected chi connectivity index (χ2v) is 7.31. The fourth-order valence-corrected chi connectivity index (χ4v) is 2.56. The van der Waals surface area contributed by atoms with Crippen LogP contribution in [-0.4, -0.2) is 59.0 Å². The van der Waals surface area contributed by atoms with Crippen LogP contribution in [0, 0.1) is 0 Å². The van der Waals surface area contributed by atoms with Crippen molar-refractivity contribution in [2.24, 2.45) is 5.73 Å². The topological polar surface area (TPSA) is 188 Å². The minimum absolute atomic E-state index is 0.249. The van der Waals surface area contributed by atoms with Crippen molar-refractivity contribution >= 4 is 35.3 Å². The lowest BCUT2D eigenvalue weighted by Gasteiger charge is -2.11. The second kappa shape index (κ2) is 20.0. The molecule has 11 nitrogen and oxygen atoms in total. The van der Waals surface area contributed by atoms with Gasteiger partial charge in [0, 0.05) is 43.8 Å².